The van der Waals surface area contributed by atoms with Gasteiger partial charge in [-0.05, 0) is 43.3 Å². The molecule has 0 aliphatic carbocycles. The molecule has 212 valence electrons. The molecule has 0 amide bonds. The molecule has 4 rings (SSSR count). The molecule has 0 saturated carbocycles. The van der Waals surface area contributed by atoms with Crippen molar-refractivity contribution in [3.05, 3.63) is 71.5 Å². The number of halogens is 3. The van der Waals surface area contributed by atoms with Crippen LogP contribution >= 0.6 is 0 Å². The van der Waals surface area contributed by atoms with Gasteiger partial charge in [0.2, 0.25) is 15.0 Å². The first-order valence-electron chi connectivity index (χ1n) is 11.2. The summed E-state index contributed by atoms with van der Waals surface area (Å²) in [4.78, 5) is 19.1. The maximum absolute atomic E-state index is 13.8. The molecule has 4 aromatic rings. The Hall–Kier alpha value is -4.18. The summed E-state index contributed by atoms with van der Waals surface area (Å²) in [5.74, 6) is -2.78. The Labute approximate surface area is 225 Å². The van der Waals surface area contributed by atoms with Gasteiger partial charge in [-0.3, -0.25) is 4.98 Å². The number of para-hydroxylation sites is 2. The number of imidazole rings is 1. The highest BCUT2D eigenvalue weighted by molar-refractivity contribution is 7.93. The van der Waals surface area contributed by atoms with Gasteiger partial charge in [0.15, 0.2) is 6.61 Å². The lowest BCUT2D eigenvalue weighted by Crippen LogP contribution is -2.21. The quantitative estimate of drug-likeness (QED) is 0.302. The molecule has 1 N–H and O–H groups in total. The van der Waals surface area contributed by atoms with Crippen LogP contribution in [0.4, 0.5) is 13.2 Å². The molecule has 0 spiro atoms. The third-order valence-electron chi connectivity index (χ3n) is 5.68. The molecule has 0 aliphatic heterocycles. The van der Waals surface area contributed by atoms with Crippen molar-refractivity contribution >= 4 is 36.9 Å². The molecular weight excluding hydrogens is 579 g/mol. The third-order valence-corrected chi connectivity index (χ3v) is 8.98. The topological polar surface area (TPSA) is 155 Å². The van der Waals surface area contributed by atoms with E-state index in [1.807, 2.05) is 0 Å². The Kier molecular flexibility index (Phi) is 7.51. The number of carboxylic acid groups (broad SMARTS) is 1. The number of hydrogen-bond acceptors (Lipinski definition) is 9. The highest BCUT2D eigenvalue weighted by Gasteiger charge is 2.34. The monoisotopic (exact) mass is 599 g/mol. The zero-order valence-electron chi connectivity index (χ0n) is 20.7. The van der Waals surface area contributed by atoms with Gasteiger partial charge < -0.3 is 14.6 Å². The van der Waals surface area contributed by atoms with Crippen LogP contribution in [0.15, 0.2) is 64.8 Å². The second-order valence-electron chi connectivity index (χ2n) is 8.36. The number of alkyl halides is 3. The molecule has 0 atom stereocenters. The van der Waals surface area contributed by atoms with E-state index in [1.54, 1.807) is 0 Å². The van der Waals surface area contributed by atoms with E-state index in [2.05, 4.69) is 9.97 Å². The highest BCUT2D eigenvalue weighted by Crippen LogP contribution is 2.31. The Balaban J connectivity index is 1.85. The Morgan fingerprint density at radius 1 is 1.05 bits per heavy atom. The van der Waals surface area contributed by atoms with Crippen LogP contribution in [-0.4, -0.2) is 61.7 Å². The van der Waals surface area contributed by atoms with Gasteiger partial charge in [0, 0.05) is 11.8 Å². The van der Waals surface area contributed by atoms with E-state index in [0.29, 0.717) is 3.97 Å². The number of pyridine rings is 1. The Morgan fingerprint density at radius 3 is 2.40 bits per heavy atom. The smallest absolute Gasteiger partial charge is 0.422 e. The van der Waals surface area contributed by atoms with Crippen LogP contribution in [0.5, 0.6) is 11.5 Å². The van der Waals surface area contributed by atoms with Crippen molar-refractivity contribution in [2.24, 2.45) is 0 Å². The normalized spacial score (nSPS) is 12.4. The van der Waals surface area contributed by atoms with E-state index >= 15 is 0 Å². The van der Waals surface area contributed by atoms with Crippen LogP contribution in [0, 0.1) is 6.92 Å². The molecule has 40 heavy (non-hydrogen) atoms. The average Bonchev–Trinajstić information content (AvgIpc) is 3.30. The fourth-order valence-electron chi connectivity index (χ4n) is 3.80. The second kappa shape index (κ2) is 10.4. The summed E-state index contributed by atoms with van der Waals surface area (Å²) in [6, 6.07) is 9.79. The molecule has 11 nitrogen and oxygen atoms in total. The van der Waals surface area contributed by atoms with Gasteiger partial charge in [-0.1, -0.05) is 12.1 Å². The number of hydrogen-bond donors (Lipinski definition) is 1. The number of carboxylic acids is 1. The summed E-state index contributed by atoms with van der Waals surface area (Å²) in [5, 5.41) is 8.60. The van der Waals surface area contributed by atoms with Crippen LogP contribution < -0.4 is 9.47 Å². The number of ether oxygens (including phenoxy) is 2. The molecule has 2 aromatic carbocycles. The minimum absolute atomic E-state index is 0.00194. The van der Waals surface area contributed by atoms with Gasteiger partial charge in [0.1, 0.15) is 22.8 Å². The molecule has 0 aliphatic rings. The maximum Gasteiger partial charge on any atom is 0.422 e. The second-order valence-corrected chi connectivity index (χ2v) is 12.0. The van der Waals surface area contributed by atoms with Crippen molar-refractivity contribution in [2.75, 3.05) is 13.7 Å². The lowest BCUT2D eigenvalue weighted by atomic mass is 10.2. The SMILES string of the molecule is COc1ccc(S(=O)(=O)n2c(S(=O)(=O)Cc3nccc(OCC(F)(F)F)c3C)nc3ccccc32)cc1C(=O)O. The predicted molar refractivity (Wildman–Crippen MR) is 134 cm³/mol. The summed E-state index contributed by atoms with van der Waals surface area (Å²) < 4.78 is 103. The van der Waals surface area contributed by atoms with Crippen LogP contribution in [-0.2, 0) is 25.6 Å². The molecule has 2 heterocycles. The Bertz CT molecular complexity index is 1840. The van der Waals surface area contributed by atoms with E-state index in [4.69, 9.17) is 9.47 Å². The molecule has 0 bridgehead atoms. The molecule has 0 saturated heterocycles. The largest absolute Gasteiger partial charge is 0.496 e. The van der Waals surface area contributed by atoms with Gasteiger partial charge >= 0.3 is 12.1 Å². The fourth-order valence-corrected chi connectivity index (χ4v) is 7.18. The van der Waals surface area contributed by atoms with Crippen LogP contribution in [0.2, 0.25) is 0 Å². The van der Waals surface area contributed by atoms with E-state index in [0.717, 1.165) is 30.5 Å². The van der Waals surface area contributed by atoms with E-state index in [-0.39, 0.29) is 33.8 Å². The lowest BCUT2D eigenvalue weighted by molar-refractivity contribution is -0.153. The van der Waals surface area contributed by atoms with Crippen molar-refractivity contribution in [3.63, 3.8) is 0 Å². The van der Waals surface area contributed by atoms with Crippen LogP contribution in [0.25, 0.3) is 11.0 Å². The van der Waals surface area contributed by atoms with Crippen molar-refractivity contribution < 1.29 is 49.4 Å². The number of benzene rings is 2. The number of aromatic carboxylic acids is 1. The number of aromatic nitrogens is 3. The summed E-state index contributed by atoms with van der Waals surface area (Å²) in [6.07, 6.45) is -3.57. The first kappa shape index (κ1) is 28.8. The van der Waals surface area contributed by atoms with Crippen molar-refractivity contribution in [3.8, 4) is 11.5 Å². The predicted octanol–water partition coefficient (Wildman–Crippen LogP) is 3.60. The minimum Gasteiger partial charge on any atom is -0.496 e. The number of carbonyl (C=O) groups is 1. The van der Waals surface area contributed by atoms with Gasteiger partial charge in [0.05, 0.1) is 28.7 Å². The zero-order valence-corrected chi connectivity index (χ0v) is 22.3. The molecule has 16 heteroatoms. The summed E-state index contributed by atoms with van der Waals surface area (Å²) in [6.45, 7) is -0.299. The van der Waals surface area contributed by atoms with Gasteiger partial charge in [0.25, 0.3) is 10.0 Å². The maximum atomic E-state index is 13.8. The van der Waals surface area contributed by atoms with Gasteiger partial charge in [-0.15, -0.1) is 0 Å². The van der Waals surface area contributed by atoms with Crippen molar-refractivity contribution in [1.82, 2.24) is 13.9 Å². The highest BCUT2D eigenvalue weighted by atomic mass is 32.2. The van der Waals surface area contributed by atoms with Gasteiger partial charge in [-0.25, -0.2) is 30.6 Å². The van der Waals surface area contributed by atoms with Crippen LogP contribution in [0.1, 0.15) is 21.6 Å². The fraction of sp³-hybridized carbons (Fsp3) is 0.208. The molecule has 0 unspecified atom stereocenters. The number of rotatable bonds is 9. The minimum atomic E-state index is -4.77. The lowest BCUT2D eigenvalue weighted by Gasteiger charge is -2.15. The van der Waals surface area contributed by atoms with E-state index in [9.17, 15) is 39.9 Å². The molecule has 0 fully saturated rings. The average molecular weight is 600 g/mol. The Morgan fingerprint density at radius 2 is 1.75 bits per heavy atom. The first-order chi connectivity index (χ1) is 18.7. The van der Waals surface area contributed by atoms with Crippen molar-refractivity contribution in [1.29, 1.82) is 0 Å². The van der Waals surface area contributed by atoms with Gasteiger partial charge in [-0.2, -0.15) is 13.2 Å². The first-order valence-corrected chi connectivity index (χ1v) is 14.3. The standard InChI is InChI=1S/C24H20F3N3O8S2/c1-14-18(28-10-9-20(14)38-13-24(25,26)27)12-39(33,34)23-29-17-5-3-4-6-19(17)30(23)40(35,36)15-7-8-21(37-2)16(11-15)22(31)32/h3-11H,12-13H2,1-2H3,(H,31,32). The van der Waals surface area contributed by atoms with E-state index in [1.165, 1.54) is 38.3 Å². The third kappa shape index (κ3) is 5.58. The number of nitrogens with zero attached hydrogens (tertiary/aromatic N) is 3. The summed E-state index contributed by atoms with van der Waals surface area (Å²) >= 11 is 0. The molecule has 2 aromatic heterocycles. The molecular formula is C24H20F3N3O8S2. The van der Waals surface area contributed by atoms with Crippen LogP contribution in [0.3, 0.4) is 0 Å². The molecule has 0 radical (unpaired) electrons. The zero-order chi connectivity index (χ0) is 29.5. The number of sulfone groups is 1. The van der Waals surface area contributed by atoms with E-state index < -0.39 is 60.0 Å². The summed E-state index contributed by atoms with van der Waals surface area (Å²) in [7, 11) is -8.20. The van der Waals surface area contributed by atoms with Crippen molar-refractivity contribution in [2.45, 2.75) is 28.9 Å². The summed E-state index contributed by atoms with van der Waals surface area (Å²) in [5.41, 5.74) is -0.771. The number of fused-ring (bicyclic) bond motifs is 1. The number of methoxy groups -OCH3 is 1.